The van der Waals surface area contributed by atoms with Crippen molar-refractivity contribution in [1.82, 2.24) is 15.0 Å². The summed E-state index contributed by atoms with van der Waals surface area (Å²) >= 11 is 5.81. The summed E-state index contributed by atoms with van der Waals surface area (Å²) in [5.74, 6) is -0.631. The van der Waals surface area contributed by atoms with Gasteiger partial charge in [-0.1, -0.05) is 11.6 Å². The van der Waals surface area contributed by atoms with E-state index in [2.05, 4.69) is 20.3 Å². The zero-order valence-electron chi connectivity index (χ0n) is 10.2. The summed E-state index contributed by atoms with van der Waals surface area (Å²) in [5, 5.41) is 2.03. The second-order valence-electron chi connectivity index (χ2n) is 3.81. The van der Waals surface area contributed by atoms with Gasteiger partial charge in [-0.25, -0.2) is 18.4 Å². The maximum Gasteiger partial charge on any atom is 0.275 e. The second-order valence-corrected chi connectivity index (χ2v) is 6.13. The highest BCUT2D eigenvalue weighted by atomic mass is 35.5. The van der Waals surface area contributed by atoms with Crippen LogP contribution in [0.25, 0.3) is 0 Å². The van der Waals surface area contributed by atoms with Crippen molar-refractivity contribution in [3.05, 3.63) is 41.4 Å². The number of nitrogens with one attached hydrogen (secondary N) is 1. The average Bonchev–Trinajstić information content (AvgIpc) is 2.39. The molecule has 9 heteroatoms. The quantitative estimate of drug-likeness (QED) is 0.854. The summed E-state index contributed by atoms with van der Waals surface area (Å²) in [6.07, 6.45) is 5.02. The van der Waals surface area contributed by atoms with E-state index in [1.165, 1.54) is 12.4 Å². The summed E-state index contributed by atoms with van der Waals surface area (Å²) in [6, 6.07) is 3.15. The van der Waals surface area contributed by atoms with Crippen LogP contribution in [0, 0.1) is 0 Å². The lowest BCUT2D eigenvalue weighted by molar-refractivity contribution is 0.102. The van der Waals surface area contributed by atoms with Crippen molar-refractivity contribution in [3.63, 3.8) is 0 Å². The Kier molecular flexibility index (Phi) is 3.96. The molecule has 0 atom stereocenters. The van der Waals surface area contributed by atoms with Gasteiger partial charge in [0.15, 0.2) is 5.69 Å². The first-order valence-electron chi connectivity index (χ1n) is 5.32. The van der Waals surface area contributed by atoms with Crippen LogP contribution in [0.4, 0.5) is 5.69 Å². The van der Waals surface area contributed by atoms with Crippen LogP contribution >= 0.6 is 11.6 Å². The van der Waals surface area contributed by atoms with Crippen molar-refractivity contribution in [2.24, 2.45) is 0 Å². The van der Waals surface area contributed by atoms with Crippen LogP contribution in [0.2, 0.25) is 5.02 Å². The number of halogens is 1. The Hall–Kier alpha value is -2.06. The molecule has 1 N–H and O–H groups in total. The molecule has 0 fully saturated rings. The summed E-state index contributed by atoms with van der Waals surface area (Å²) in [5.41, 5.74) is 0.277. The molecule has 0 aliphatic rings. The fraction of sp³-hybridized carbons (Fsp3) is 0.0909. The minimum absolute atomic E-state index is 0.0380. The number of pyridine rings is 1. The molecule has 104 valence electrons. The highest BCUT2D eigenvalue weighted by Gasteiger charge is 2.18. The summed E-state index contributed by atoms with van der Waals surface area (Å²) < 4.78 is 22.7. The number of carbonyl (C=O) groups excluding carboxylic acids is 1. The zero-order chi connectivity index (χ0) is 14.8. The predicted molar refractivity (Wildman–Crippen MR) is 72.3 cm³/mol. The number of carbonyl (C=O) groups is 1. The maximum atomic E-state index is 12.0. The molecule has 2 aromatic rings. The van der Waals surface area contributed by atoms with Crippen LogP contribution < -0.4 is 5.32 Å². The van der Waals surface area contributed by atoms with Crippen molar-refractivity contribution in [3.8, 4) is 0 Å². The molecule has 0 aromatic carbocycles. The number of hydrogen-bond acceptors (Lipinski definition) is 6. The Morgan fingerprint density at radius 1 is 1.30 bits per heavy atom. The van der Waals surface area contributed by atoms with E-state index in [1.807, 2.05) is 0 Å². The molecule has 0 saturated carbocycles. The molecular formula is C11H9ClN4O3S. The van der Waals surface area contributed by atoms with Gasteiger partial charge in [0, 0.05) is 24.3 Å². The normalized spacial score (nSPS) is 11.1. The molecular weight excluding hydrogens is 304 g/mol. The van der Waals surface area contributed by atoms with Crippen molar-refractivity contribution < 1.29 is 13.2 Å². The predicted octanol–water partition coefficient (Wildman–Crippen LogP) is 1.18. The number of hydrogen-bond donors (Lipinski definition) is 1. The molecule has 2 heterocycles. The topological polar surface area (TPSA) is 102 Å². The van der Waals surface area contributed by atoms with E-state index >= 15 is 0 Å². The van der Waals surface area contributed by atoms with Crippen LogP contribution in [0.15, 0.2) is 35.9 Å². The number of nitrogens with zero attached hydrogens (tertiary/aromatic N) is 3. The van der Waals surface area contributed by atoms with Crippen molar-refractivity contribution in [2.45, 2.75) is 5.16 Å². The molecule has 0 aliphatic carbocycles. The van der Waals surface area contributed by atoms with Crippen LogP contribution in [-0.2, 0) is 9.84 Å². The van der Waals surface area contributed by atoms with Gasteiger partial charge < -0.3 is 5.32 Å². The van der Waals surface area contributed by atoms with Gasteiger partial charge in [0.05, 0.1) is 11.2 Å². The minimum Gasteiger partial charge on any atom is -0.320 e. The first-order chi connectivity index (χ1) is 9.38. The third-order valence-corrected chi connectivity index (χ3v) is 3.34. The SMILES string of the molecule is CS(=O)(=O)c1ncc(Cl)c(C(=O)Nc2ccncc2)n1. The van der Waals surface area contributed by atoms with Gasteiger partial charge in [-0.3, -0.25) is 9.78 Å². The Labute approximate surface area is 120 Å². The largest absolute Gasteiger partial charge is 0.320 e. The van der Waals surface area contributed by atoms with Gasteiger partial charge in [0.1, 0.15) is 0 Å². The van der Waals surface area contributed by atoms with Gasteiger partial charge in [-0.2, -0.15) is 0 Å². The molecule has 2 aromatic heterocycles. The molecule has 0 saturated heterocycles. The minimum atomic E-state index is -3.62. The van der Waals surface area contributed by atoms with Gasteiger partial charge in [-0.15, -0.1) is 0 Å². The fourth-order valence-electron chi connectivity index (χ4n) is 1.31. The highest BCUT2D eigenvalue weighted by Crippen LogP contribution is 2.16. The maximum absolute atomic E-state index is 12.0. The van der Waals surface area contributed by atoms with E-state index in [0.717, 1.165) is 12.5 Å². The van der Waals surface area contributed by atoms with E-state index in [0.29, 0.717) is 5.69 Å². The molecule has 0 aliphatic heterocycles. The van der Waals surface area contributed by atoms with Crippen LogP contribution in [0.5, 0.6) is 0 Å². The van der Waals surface area contributed by atoms with E-state index in [1.54, 1.807) is 12.1 Å². The molecule has 0 bridgehead atoms. The first-order valence-corrected chi connectivity index (χ1v) is 7.59. The lowest BCUT2D eigenvalue weighted by atomic mass is 10.3. The van der Waals surface area contributed by atoms with Crippen LogP contribution in [-0.4, -0.2) is 35.5 Å². The van der Waals surface area contributed by atoms with Gasteiger partial charge >= 0.3 is 0 Å². The van der Waals surface area contributed by atoms with E-state index in [-0.39, 0.29) is 10.7 Å². The number of aromatic nitrogens is 3. The fourth-order valence-corrected chi connectivity index (χ4v) is 1.99. The summed E-state index contributed by atoms with van der Waals surface area (Å²) in [6.45, 7) is 0. The Morgan fingerprint density at radius 3 is 2.55 bits per heavy atom. The van der Waals surface area contributed by atoms with Crippen molar-refractivity contribution in [2.75, 3.05) is 11.6 Å². The average molecular weight is 313 g/mol. The standard InChI is InChI=1S/C11H9ClN4O3S/c1-20(18,19)11-14-6-8(12)9(16-11)10(17)15-7-2-4-13-5-3-7/h2-6H,1H3,(H,13,15,17). The van der Waals surface area contributed by atoms with Crippen molar-refractivity contribution >= 4 is 33.0 Å². The van der Waals surface area contributed by atoms with Gasteiger partial charge in [0.2, 0.25) is 15.0 Å². The molecule has 2 rings (SSSR count). The van der Waals surface area contributed by atoms with E-state index < -0.39 is 20.9 Å². The lowest BCUT2D eigenvalue weighted by Crippen LogP contribution is -2.17. The smallest absolute Gasteiger partial charge is 0.275 e. The van der Waals surface area contributed by atoms with E-state index in [4.69, 9.17) is 11.6 Å². The Morgan fingerprint density at radius 2 is 1.95 bits per heavy atom. The van der Waals surface area contributed by atoms with Crippen molar-refractivity contribution in [1.29, 1.82) is 0 Å². The molecule has 1 amide bonds. The second kappa shape index (κ2) is 5.51. The zero-order valence-corrected chi connectivity index (χ0v) is 11.8. The first kappa shape index (κ1) is 14.4. The number of amides is 1. The molecule has 0 unspecified atom stereocenters. The molecule has 7 nitrogen and oxygen atoms in total. The number of rotatable bonds is 3. The third-order valence-electron chi connectivity index (χ3n) is 2.21. The third kappa shape index (κ3) is 3.28. The lowest BCUT2D eigenvalue weighted by Gasteiger charge is -2.06. The Bertz CT molecular complexity index is 750. The molecule has 0 radical (unpaired) electrons. The van der Waals surface area contributed by atoms with E-state index in [9.17, 15) is 13.2 Å². The monoisotopic (exact) mass is 312 g/mol. The highest BCUT2D eigenvalue weighted by molar-refractivity contribution is 7.90. The van der Waals surface area contributed by atoms with Gasteiger partial charge in [-0.05, 0) is 12.1 Å². The molecule has 0 spiro atoms. The number of anilines is 1. The van der Waals surface area contributed by atoms with Crippen LogP contribution in [0.1, 0.15) is 10.5 Å². The summed E-state index contributed by atoms with van der Waals surface area (Å²) in [7, 11) is -3.62. The molecule has 20 heavy (non-hydrogen) atoms. The summed E-state index contributed by atoms with van der Waals surface area (Å²) in [4.78, 5) is 23.1. The van der Waals surface area contributed by atoms with Crippen LogP contribution in [0.3, 0.4) is 0 Å². The van der Waals surface area contributed by atoms with Gasteiger partial charge in [0.25, 0.3) is 5.91 Å². The number of sulfone groups is 1. The Balaban J connectivity index is 2.35.